The van der Waals surface area contributed by atoms with Crippen molar-refractivity contribution < 1.29 is 22.7 Å². The highest BCUT2D eigenvalue weighted by Gasteiger charge is 2.32. The number of ether oxygens (including phenoxy) is 1. The summed E-state index contributed by atoms with van der Waals surface area (Å²) < 4.78 is 34.8. The molecule has 32 heavy (non-hydrogen) atoms. The molecular weight excluding hydrogens is 470 g/mol. The number of hydrogen-bond acceptors (Lipinski definition) is 7. The molecule has 11 heteroatoms. The van der Waals surface area contributed by atoms with Crippen molar-refractivity contribution in [1.82, 2.24) is 8.87 Å². The van der Waals surface area contributed by atoms with Gasteiger partial charge in [0.2, 0.25) is 0 Å². The van der Waals surface area contributed by atoms with Gasteiger partial charge < -0.3 is 9.30 Å². The van der Waals surface area contributed by atoms with Gasteiger partial charge in [0.1, 0.15) is 10.8 Å². The Hall–Kier alpha value is -2.34. The minimum absolute atomic E-state index is 0.0263. The lowest BCUT2D eigenvalue weighted by Gasteiger charge is -2.29. The third kappa shape index (κ3) is 4.70. The van der Waals surface area contributed by atoms with Gasteiger partial charge in [0.25, 0.3) is 15.9 Å². The predicted octanol–water partition coefficient (Wildman–Crippen LogP) is 2.86. The lowest BCUT2D eigenvalue weighted by Crippen LogP contribution is -2.40. The van der Waals surface area contributed by atoms with Crippen LogP contribution in [0.3, 0.4) is 0 Å². The second-order valence-corrected chi connectivity index (χ2v) is 11.4. The Morgan fingerprint density at radius 1 is 1.16 bits per heavy atom. The number of thiophene rings is 1. The van der Waals surface area contributed by atoms with Crippen molar-refractivity contribution in [3.05, 3.63) is 46.6 Å². The van der Waals surface area contributed by atoms with Gasteiger partial charge in [-0.15, -0.1) is 11.3 Å². The van der Waals surface area contributed by atoms with Crippen molar-refractivity contribution in [2.75, 3.05) is 19.7 Å². The molecule has 1 aliphatic rings. The van der Waals surface area contributed by atoms with Crippen LogP contribution in [-0.2, 0) is 30.9 Å². The fourth-order valence-electron chi connectivity index (χ4n) is 3.66. The number of amides is 1. The number of hydrogen-bond donors (Lipinski definition) is 0. The molecule has 0 bridgehead atoms. The lowest BCUT2D eigenvalue weighted by atomic mass is 9.98. The zero-order valence-corrected chi connectivity index (χ0v) is 19.9. The van der Waals surface area contributed by atoms with E-state index in [0.29, 0.717) is 21.9 Å². The quantitative estimate of drug-likeness (QED) is 0.492. The Morgan fingerprint density at radius 3 is 2.59 bits per heavy atom. The van der Waals surface area contributed by atoms with Crippen LogP contribution in [-0.4, -0.2) is 48.9 Å². The van der Waals surface area contributed by atoms with Crippen molar-refractivity contribution >= 4 is 54.8 Å². The zero-order chi connectivity index (χ0) is 22.7. The summed E-state index contributed by atoms with van der Waals surface area (Å²) in [6, 6.07) is 10.9. The Morgan fingerprint density at radius 2 is 1.91 bits per heavy atom. The summed E-state index contributed by atoms with van der Waals surface area (Å²) in [6.45, 7) is 2.55. The number of para-hydroxylation sites is 1. The molecule has 2 aromatic heterocycles. The van der Waals surface area contributed by atoms with Crippen LogP contribution in [0.5, 0.6) is 0 Å². The minimum Gasteiger partial charge on any atom is -0.465 e. The molecule has 1 fully saturated rings. The Balaban J connectivity index is 1.54. The molecule has 3 aromatic rings. The number of aromatic nitrogens is 1. The Bertz CT molecular complexity index is 1280. The van der Waals surface area contributed by atoms with Gasteiger partial charge in [-0.25, -0.2) is 8.42 Å². The highest BCUT2D eigenvalue weighted by atomic mass is 32.2. The van der Waals surface area contributed by atoms with E-state index in [1.165, 1.54) is 27.0 Å². The summed E-state index contributed by atoms with van der Waals surface area (Å²) in [5, 5.41) is 1.73. The molecule has 8 nitrogen and oxygen atoms in total. The number of fused-ring (bicyclic) bond motifs is 1. The zero-order valence-electron chi connectivity index (χ0n) is 17.5. The number of carbonyl (C=O) groups is 2. The van der Waals surface area contributed by atoms with E-state index in [9.17, 15) is 18.0 Å². The Labute approximate surface area is 193 Å². The molecule has 3 heterocycles. The van der Waals surface area contributed by atoms with Crippen LogP contribution in [0.4, 0.5) is 0 Å². The molecule has 170 valence electrons. The third-order valence-electron chi connectivity index (χ3n) is 5.28. The lowest BCUT2D eigenvalue weighted by molar-refractivity contribution is -0.143. The van der Waals surface area contributed by atoms with Gasteiger partial charge in [-0.1, -0.05) is 29.5 Å². The molecule has 0 spiro atoms. The summed E-state index contributed by atoms with van der Waals surface area (Å²) in [5.74, 6) is -1.04. The van der Waals surface area contributed by atoms with Gasteiger partial charge in [-0.2, -0.15) is 9.30 Å². The number of nitrogens with zero attached hydrogens (tertiary/aromatic N) is 3. The van der Waals surface area contributed by atoms with E-state index < -0.39 is 16.0 Å². The van der Waals surface area contributed by atoms with Crippen LogP contribution in [0.15, 0.2) is 51.0 Å². The second kappa shape index (κ2) is 9.65. The number of sulfonamides is 1. The van der Waals surface area contributed by atoms with E-state index in [4.69, 9.17) is 4.74 Å². The summed E-state index contributed by atoms with van der Waals surface area (Å²) in [7, 11) is -3.51. The van der Waals surface area contributed by atoms with Crippen molar-refractivity contribution in [2.24, 2.45) is 10.9 Å². The Kier molecular flexibility index (Phi) is 6.89. The van der Waals surface area contributed by atoms with Crippen LogP contribution in [0.2, 0.25) is 0 Å². The van der Waals surface area contributed by atoms with E-state index in [2.05, 4.69) is 4.99 Å². The number of carbonyl (C=O) groups excluding carboxylic acids is 2. The summed E-state index contributed by atoms with van der Waals surface area (Å²) in [5.41, 5.74) is 0.814. The molecule has 1 aromatic carbocycles. The second-order valence-electron chi connectivity index (χ2n) is 7.30. The summed E-state index contributed by atoms with van der Waals surface area (Å²) in [6.07, 6.45) is 0.825. The van der Waals surface area contributed by atoms with Crippen molar-refractivity contribution in [3.63, 3.8) is 0 Å². The van der Waals surface area contributed by atoms with Crippen molar-refractivity contribution in [3.8, 4) is 0 Å². The average molecular weight is 494 g/mol. The smallest absolute Gasteiger partial charge is 0.326 e. The van der Waals surface area contributed by atoms with E-state index in [-0.39, 0.29) is 38.1 Å². The molecule has 0 unspecified atom stereocenters. The molecule has 1 aliphatic heterocycles. The van der Waals surface area contributed by atoms with Gasteiger partial charge in [-0.05, 0) is 43.3 Å². The van der Waals surface area contributed by atoms with Crippen molar-refractivity contribution in [1.29, 1.82) is 0 Å². The van der Waals surface area contributed by atoms with Gasteiger partial charge in [0.15, 0.2) is 4.80 Å². The molecule has 0 aliphatic carbocycles. The average Bonchev–Trinajstić information content (AvgIpc) is 3.44. The number of rotatable bonds is 6. The van der Waals surface area contributed by atoms with Crippen LogP contribution >= 0.6 is 22.7 Å². The number of thiazole rings is 1. The molecule has 4 rings (SSSR count). The maximum atomic E-state index is 12.9. The van der Waals surface area contributed by atoms with E-state index in [1.807, 2.05) is 24.3 Å². The van der Waals surface area contributed by atoms with Crippen molar-refractivity contribution in [2.45, 2.75) is 30.5 Å². The molecule has 0 radical (unpaired) electrons. The molecule has 0 atom stereocenters. The van der Waals surface area contributed by atoms with Gasteiger partial charge in [0.05, 0.1) is 16.8 Å². The monoisotopic (exact) mass is 493 g/mol. The first-order chi connectivity index (χ1) is 15.4. The van der Waals surface area contributed by atoms with E-state index >= 15 is 0 Å². The number of piperidine rings is 1. The first-order valence-electron chi connectivity index (χ1n) is 10.3. The number of benzene rings is 1. The number of esters is 1. The fraction of sp³-hybridized carbons (Fsp3) is 0.381. The molecular formula is C21H23N3O5S3. The topological polar surface area (TPSA) is 98.0 Å². The molecule has 0 N–H and O–H groups in total. The van der Waals surface area contributed by atoms with E-state index in [0.717, 1.165) is 10.2 Å². The molecule has 1 amide bonds. The SMILES string of the molecule is CCOC(=O)Cn1c(=NC(=O)C2CCN(S(=O)(=O)c3cccs3)CC2)sc2ccccc21. The highest BCUT2D eigenvalue weighted by molar-refractivity contribution is 7.91. The first kappa shape index (κ1) is 22.8. The minimum atomic E-state index is -3.51. The predicted molar refractivity (Wildman–Crippen MR) is 123 cm³/mol. The van der Waals surface area contributed by atoms with Gasteiger partial charge >= 0.3 is 5.97 Å². The van der Waals surface area contributed by atoms with Gasteiger partial charge in [0, 0.05) is 19.0 Å². The van der Waals surface area contributed by atoms with Crippen LogP contribution in [0.25, 0.3) is 10.2 Å². The maximum absolute atomic E-state index is 12.9. The summed E-state index contributed by atoms with van der Waals surface area (Å²) >= 11 is 2.53. The highest BCUT2D eigenvalue weighted by Crippen LogP contribution is 2.27. The normalized spacial score (nSPS) is 16.5. The van der Waals surface area contributed by atoms with Crippen LogP contribution < -0.4 is 4.80 Å². The molecule has 1 saturated heterocycles. The van der Waals surface area contributed by atoms with Gasteiger partial charge in [-0.3, -0.25) is 9.59 Å². The maximum Gasteiger partial charge on any atom is 0.326 e. The fourth-order valence-corrected chi connectivity index (χ4v) is 7.31. The standard InChI is InChI=1S/C21H23N3O5S3/c1-2-29-18(25)14-24-16-6-3-4-7-17(16)31-21(24)22-20(26)15-9-11-23(12-10-15)32(27,28)19-8-5-13-30-19/h3-8,13,15H,2,9-12,14H2,1H3. The summed E-state index contributed by atoms with van der Waals surface area (Å²) in [4.78, 5) is 29.8. The van der Waals surface area contributed by atoms with Crippen LogP contribution in [0.1, 0.15) is 19.8 Å². The third-order valence-corrected chi connectivity index (χ3v) is 9.61. The van der Waals surface area contributed by atoms with E-state index in [1.54, 1.807) is 29.0 Å². The molecule has 0 saturated carbocycles. The van der Waals surface area contributed by atoms with Crippen LogP contribution in [0, 0.1) is 5.92 Å². The largest absolute Gasteiger partial charge is 0.465 e. The first-order valence-corrected chi connectivity index (χ1v) is 13.4.